The molecule has 0 spiro atoms. The lowest BCUT2D eigenvalue weighted by Gasteiger charge is -2.09. The molecule has 0 amide bonds. The van der Waals surface area contributed by atoms with Gasteiger partial charge in [-0.2, -0.15) is 0 Å². The van der Waals surface area contributed by atoms with Gasteiger partial charge in [-0.1, -0.05) is 24.3 Å². The summed E-state index contributed by atoms with van der Waals surface area (Å²) in [5, 5.41) is 3.14. The van der Waals surface area contributed by atoms with Crippen molar-refractivity contribution in [2.24, 2.45) is 5.92 Å². The Morgan fingerprint density at radius 3 is 2.71 bits per heavy atom. The van der Waals surface area contributed by atoms with Crippen molar-refractivity contribution in [1.29, 1.82) is 0 Å². The van der Waals surface area contributed by atoms with Crippen molar-refractivity contribution >= 4 is 0 Å². The van der Waals surface area contributed by atoms with Gasteiger partial charge >= 0.3 is 0 Å². The van der Waals surface area contributed by atoms with E-state index in [-0.39, 0.29) is 0 Å². The van der Waals surface area contributed by atoms with Crippen molar-refractivity contribution in [3.8, 4) is 0 Å². The van der Waals surface area contributed by atoms with Crippen LogP contribution >= 0.6 is 0 Å². The molecule has 3 nitrogen and oxygen atoms in total. The van der Waals surface area contributed by atoms with Gasteiger partial charge in [0.25, 0.3) is 0 Å². The third-order valence-corrected chi connectivity index (χ3v) is 3.05. The molecule has 1 aromatic carbocycles. The van der Waals surface area contributed by atoms with Gasteiger partial charge in [-0.05, 0) is 24.6 Å². The van der Waals surface area contributed by atoms with Gasteiger partial charge < -0.3 is 14.8 Å². The Kier molecular flexibility index (Phi) is 4.98. The van der Waals surface area contributed by atoms with Crippen molar-refractivity contribution in [3.63, 3.8) is 0 Å². The predicted molar refractivity (Wildman–Crippen MR) is 67.8 cm³/mol. The lowest BCUT2D eigenvalue weighted by atomic mass is 10.1. The molecule has 0 radical (unpaired) electrons. The van der Waals surface area contributed by atoms with Gasteiger partial charge in [0.05, 0.1) is 19.8 Å². The third-order valence-electron chi connectivity index (χ3n) is 3.05. The summed E-state index contributed by atoms with van der Waals surface area (Å²) in [7, 11) is 1.96. The minimum atomic E-state index is 0.596. The fraction of sp³-hybridized carbons (Fsp3) is 0.571. The van der Waals surface area contributed by atoms with E-state index >= 15 is 0 Å². The van der Waals surface area contributed by atoms with Gasteiger partial charge in [0.1, 0.15) is 0 Å². The second-order valence-corrected chi connectivity index (χ2v) is 4.59. The molecule has 0 saturated carbocycles. The zero-order chi connectivity index (χ0) is 11.9. The Balaban J connectivity index is 1.70. The highest BCUT2D eigenvalue weighted by Crippen LogP contribution is 2.13. The van der Waals surface area contributed by atoms with Gasteiger partial charge in [-0.15, -0.1) is 0 Å². The summed E-state index contributed by atoms with van der Waals surface area (Å²) in [6, 6.07) is 8.57. The SMILES string of the molecule is CNCc1ccc(COCC2CCOC2)cc1. The first-order valence-electron chi connectivity index (χ1n) is 6.26. The van der Waals surface area contributed by atoms with Crippen LogP contribution in [0.25, 0.3) is 0 Å². The number of hydrogen-bond acceptors (Lipinski definition) is 3. The smallest absolute Gasteiger partial charge is 0.0717 e. The standard InChI is InChI=1S/C14H21NO2/c1-15-8-12-2-4-13(5-3-12)9-17-11-14-6-7-16-10-14/h2-5,14-15H,6-11H2,1H3. The van der Waals surface area contributed by atoms with Gasteiger partial charge in [-0.25, -0.2) is 0 Å². The summed E-state index contributed by atoms with van der Waals surface area (Å²) >= 11 is 0. The predicted octanol–water partition coefficient (Wildman–Crippen LogP) is 1.96. The number of benzene rings is 1. The Bertz CT molecular complexity index is 317. The maximum absolute atomic E-state index is 5.71. The maximum Gasteiger partial charge on any atom is 0.0717 e. The molecule has 3 heteroatoms. The molecule has 1 atom stereocenters. The van der Waals surface area contributed by atoms with Crippen LogP contribution in [-0.4, -0.2) is 26.9 Å². The van der Waals surface area contributed by atoms with Crippen LogP contribution in [0, 0.1) is 5.92 Å². The average Bonchev–Trinajstić information content (AvgIpc) is 2.85. The van der Waals surface area contributed by atoms with Crippen molar-refractivity contribution in [3.05, 3.63) is 35.4 Å². The highest BCUT2D eigenvalue weighted by atomic mass is 16.5. The lowest BCUT2D eigenvalue weighted by Crippen LogP contribution is -2.09. The molecule has 1 fully saturated rings. The number of ether oxygens (including phenoxy) is 2. The summed E-state index contributed by atoms with van der Waals surface area (Å²) in [5.74, 6) is 0.596. The highest BCUT2D eigenvalue weighted by Gasteiger charge is 2.15. The second kappa shape index (κ2) is 6.74. The van der Waals surface area contributed by atoms with Crippen LogP contribution in [0.15, 0.2) is 24.3 Å². The number of hydrogen-bond donors (Lipinski definition) is 1. The molecule has 1 saturated heterocycles. The van der Waals surface area contributed by atoms with E-state index in [4.69, 9.17) is 9.47 Å². The van der Waals surface area contributed by atoms with Crippen LogP contribution in [0.1, 0.15) is 17.5 Å². The van der Waals surface area contributed by atoms with Crippen LogP contribution in [0.5, 0.6) is 0 Å². The molecular formula is C14H21NO2. The molecule has 0 bridgehead atoms. The largest absolute Gasteiger partial charge is 0.381 e. The van der Waals surface area contributed by atoms with Crippen LogP contribution in [0.2, 0.25) is 0 Å². The van der Waals surface area contributed by atoms with E-state index in [1.165, 1.54) is 11.1 Å². The Hall–Kier alpha value is -0.900. The highest BCUT2D eigenvalue weighted by molar-refractivity contribution is 5.21. The molecule has 1 N–H and O–H groups in total. The summed E-state index contributed by atoms with van der Waals surface area (Å²) in [5.41, 5.74) is 2.55. The van der Waals surface area contributed by atoms with Crippen molar-refractivity contribution in [1.82, 2.24) is 5.32 Å². The van der Waals surface area contributed by atoms with E-state index in [0.29, 0.717) is 12.5 Å². The van der Waals surface area contributed by atoms with Gasteiger partial charge in [0, 0.05) is 19.1 Å². The summed E-state index contributed by atoms with van der Waals surface area (Å²) in [4.78, 5) is 0. The number of rotatable bonds is 6. The van der Waals surface area contributed by atoms with Crippen molar-refractivity contribution < 1.29 is 9.47 Å². The molecule has 1 aliphatic rings. The molecule has 0 aliphatic carbocycles. The molecular weight excluding hydrogens is 214 g/mol. The van der Waals surface area contributed by atoms with Crippen LogP contribution in [-0.2, 0) is 22.6 Å². The summed E-state index contributed by atoms with van der Waals surface area (Å²) in [6.45, 7) is 4.20. The molecule has 1 heterocycles. The molecule has 1 aromatic rings. The molecule has 17 heavy (non-hydrogen) atoms. The van der Waals surface area contributed by atoms with E-state index in [0.717, 1.165) is 32.8 Å². The maximum atomic E-state index is 5.71. The van der Waals surface area contributed by atoms with Gasteiger partial charge in [0.2, 0.25) is 0 Å². The summed E-state index contributed by atoms with van der Waals surface area (Å²) < 4.78 is 11.0. The van der Waals surface area contributed by atoms with E-state index in [2.05, 4.69) is 29.6 Å². The fourth-order valence-electron chi connectivity index (χ4n) is 2.02. The monoisotopic (exact) mass is 235 g/mol. The Labute approximate surface area is 103 Å². The normalized spacial score (nSPS) is 19.7. The Morgan fingerprint density at radius 2 is 2.06 bits per heavy atom. The van der Waals surface area contributed by atoms with Crippen LogP contribution in [0.3, 0.4) is 0 Å². The van der Waals surface area contributed by atoms with Crippen LogP contribution < -0.4 is 5.32 Å². The second-order valence-electron chi connectivity index (χ2n) is 4.59. The molecule has 0 aromatic heterocycles. The van der Waals surface area contributed by atoms with E-state index in [1.54, 1.807) is 0 Å². The number of nitrogens with one attached hydrogen (secondary N) is 1. The van der Waals surface area contributed by atoms with Gasteiger partial charge in [0.15, 0.2) is 0 Å². The summed E-state index contributed by atoms with van der Waals surface area (Å²) in [6.07, 6.45) is 1.14. The third kappa shape index (κ3) is 4.11. The average molecular weight is 235 g/mol. The topological polar surface area (TPSA) is 30.5 Å². The molecule has 2 rings (SSSR count). The lowest BCUT2D eigenvalue weighted by molar-refractivity contribution is 0.0791. The zero-order valence-electron chi connectivity index (χ0n) is 10.4. The Morgan fingerprint density at radius 1 is 1.29 bits per heavy atom. The first-order chi connectivity index (χ1) is 8.38. The van der Waals surface area contributed by atoms with E-state index < -0.39 is 0 Å². The minimum Gasteiger partial charge on any atom is -0.381 e. The van der Waals surface area contributed by atoms with E-state index in [9.17, 15) is 0 Å². The quantitative estimate of drug-likeness (QED) is 0.817. The zero-order valence-corrected chi connectivity index (χ0v) is 10.4. The van der Waals surface area contributed by atoms with Gasteiger partial charge in [-0.3, -0.25) is 0 Å². The first kappa shape index (κ1) is 12.6. The molecule has 1 aliphatic heterocycles. The molecule has 1 unspecified atom stereocenters. The fourth-order valence-corrected chi connectivity index (χ4v) is 2.02. The molecule has 94 valence electrons. The van der Waals surface area contributed by atoms with Crippen molar-refractivity contribution in [2.45, 2.75) is 19.6 Å². The first-order valence-corrected chi connectivity index (χ1v) is 6.26. The minimum absolute atomic E-state index is 0.596. The van der Waals surface area contributed by atoms with Crippen molar-refractivity contribution in [2.75, 3.05) is 26.9 Å². The van der Waals surface area contributed by atoms with E-state index in [1.807, 2.05) is 7.05 Å². The van der Waals surface area contributed by atoms with Crippen LogP contribution in [0.4, 0.5) is 0 Å².